The van der Waals surface area contributed by atoms with E-state index in [1.165, 1.54) is 6.42 Å². The smallest absolute Gasteiger partial charge is 0.132 e. The van der Waals surface area contributed by atoms with Gasteiger partial charge >= 0.3 is 0 Å². The molecule has 1 heterocycles. The average Bonchev–Trinajstić information content (AvgIpc) is 2.73. The number of carbonyl (C=O) groups excluding carboxylic acids is 1. The number of nitrogens with zero attached hydrogens (tertiary/aromatic N) is 2. The van der Waals surface area contributed by atoms with E-state index in [0.29, 0.717) is 12.3 Å². The Labute approximate surface area is 89.9 Å². The first kappa shape index (κ1) is 11.9. The molecule has 0 radical (unpaired) electrons. The maximum absolute atomic E-state index is 10.5. The second-order valence-corrected chi connectivity index (χ2v) is 3.62. The summed E-state index contributed by atoms with van der Waals surface area (Å²) in [4.78, 5) is 14.3. The fourth-order valence-electron chi connectivity index (χ4n) is 1.48. The number of aliphatic hydroxyl groups is 1. The maximum Gasteiger partial charge on any atom is 0.132 e. The molecule has 4 heteroatoms. The first-order valence-corrected chi connectivity index (χ1v) is 5.41. The zero-order chi connectivity index (χ0) is 10.9. The Balaban J connectivity index is 0.000000151. The van der Waals surface area contributed by atoms with Crippen molar-refractivity contribution in [3.8, 4) is 0 Å². The predicted octanol–water partition coefficient (Wildman–Crippen LogP) is 1.40. The lowest BCUT2D eigenvalue weighted by atomic mass is 10.00. The quantitative estimate of drug-likeness (QED) is 0.802. The van der Waals surface area contributed by atoms with Crippen molar-refractivity contribution in [1.82, 2.24) is 9.55 Å². The third-order valence-electron chi connectivity index (χ3n) is 2.33. The Morgan fingerprint density at radius 2 is 2.07 bits per heavy atom. The number of Topliss-reactive ketones (excluding diaryl/α,β-unsaturated/α-hetero) is 1. The summed E-state index contributed by atoms with van der Waals surface area (Å²) in [6, 6.07) is 0. The topological polar surface area (TPSA) is 55.1 Å². The van der Waals surface area contributed by atoms with Crippen LogP contribution in [0.1, 0.15) is 32.1 Å². The van der Waals surface area contributed by atoms with Gasteiger partial charge in [0.15, 0.2) is 0 Å². The predicted molar refractivity (Wildman–Crippen MR) is 57.4 cm³/mol. The molecule has 4 nitrogen and oxygen atoms in total. The molecule has 0 aromatic carbocycles. The van der Waals surface area contributed by atoms with E-state index in [2.05, 4.69) is 4.98 Å². The van der Waals surface area contributed by atoms with Crippen molar-refractivity contribution in [3.05, 3.63) is 18.7 Å². The molecule has 1 aliphatic rings. The number of hydrogen-bond acceptors (Lipinski definition) is 3. The van der Waals surface area contributed by atoms with Gasteiger partial charge in [-0.05, 0) is 12.8 Å². The van der Waals surface area contributed by atoms with Crippen LogP contribution in [0.3, 0.4) is 0 Å². The van der Waals surface area contributed by atoms with Gasteiger partial charge in [0, 0.05) is 31.8 Å². The highest BCUT2D eigenvalue weighted by molar-refractivity contribution is 5.78. The standard InChI is InChI=1S/C6H10O.C5H8N2O/c7-6-4-2-1-3-5-6;8-4-3-7-2-1-6-5-7/h1-5H2;1-2,5,8H,3-4H2. The molecule has 1 aliphatic carbocycles. The van der Waals surface area contributed by atoms with Gasteiger partial charge in [-0.25, -0.2) is 4.98 Å². The van der Waals surface area contributed by atoms with Gasteiger partial charge in [-0.3, -0.25) is 4.79 Å². The van der Waals surface area contributed by atoms with Gasteiger partial charge < -0.3 is 9.67 Å². The van der Waals surface area contributed by atoms with Gasteiger partial charge in [-0.15, -0.1) is 0 Å². The van der Waals surface area contributed by atoms with Gasteiger partial charge in [0.25, 0.3) is 0 Å². The summed E-state index contributed by atoms with van der Waals surface area (Å²) in [7, 11) is 0. The summed E-state index contributed by atoms with van der Waals surface area (Å²) in [5, 5.41) is 8.39. The summed E-state index contributed by atoms with van der Waals surface area (Å²) in [6.07, 6.45) is 10.4. The number of hydrogen-bond donors (Lipinski definition) is 1. The highest BCUT2D eigenvalue weighted by Gasteiger charge is 2.05. The molecule has 2 rings (SSSR count). The molecular formula is C11H18N2O2. The Morgan fingerprint density at radius 3 is 2.47 bits per heavy atom. The lowest BCUT2D eigenvalue weighted by Gasteiger charge is -2.05. The minimum absolute atomic E-state index is 0.177. The molecule has 84 valence electrons. The Kier molecular flexibility index (Phi) is 5.70. The number of aliphatic hydroxyl groups excluding tert-OH is 1. The minimum Gasteiger partial charge on any atom is -0.395 e. The molecular weight excluding hydrogens is 192 g/mol. The van der Waals surface area contributed by atoms with Crippen LogP contribution in [0.25, 0.3) is 0 Å². The van der Waals surface area contributed by atoms with E-state index in [9.17, 15) is 4.79 Å². The fourth-order valence-corrected chi connectivity index (χ4v) is 1.48. The number of ketones is 1. The highest BCUT2D eigenvalue weighted by Crippen LogP contribution is 2.12. The first-order chi connectivity index (χ1) is 7.33. The van der Waals surface area contributed by atoms with Gasteiger partial charge in [-0.2, -0.15) is 0 Å². The SMILES string of the molecule is O=C1CCCCC1.OCCn1ccnc1. The third-order valence-corrected chi connectivity index (χ3v) is 2.33. The summed E-state index contributed by atoms with van der Waals surface area (Å²) in [6.45, 7) is 0.816. The summed E-state index contributed by atoms with van der Waals surface area (Å²) in [5.74, 6) is 0.464. The van der Waals surface area contributed by atoms with Crippen LogP contribution in [0.2, 0.25) is 0 Å². The molecule has 0 atom stereocenters. The zero-order valence-electron chi connectivity index (χ0n) is 8.93. The lowest BCUT2D eigenvalue weighted by Crippen LogP contribution is -2.02. The van der Waals surface area contributed by atoms with Crippen LogP contribution < -0.4 is 0 Å². The number of aromatic nitrogens is 2. The van der Waals surface area contributed by atoms with Crippen molar-refractivity contribution in [2.75, 3.05) is 6.61 Å². The van der Waals surface area contributed by atoms with E-state index in [1.54, 1.807) is 12.5 Å². The molecule has 1 saturated carbocycles. The summed E-state index contributed by atoms with van der Waals surface area (Å²) < 4.78 is 1.82. The molecule has 1 aromatic rings. The van der Waals surface area contributed by atoms with Crippen molar-refractivity contribution in [2.24, 2.45) is 0 Å². The number of imidazole rings is 1. The highest BCUT2D eigenvalue weighted by atomic mass is 16.3. The van der Waals surface area contributed by atoms with E-state index in [-0.39, 0.29) is 6.61 Å². The Morgan fingerprint density at radius 1 is 1.33 bits per heavy atom. The second-order valence-electron chi connectivity index (χ2n) is 3.62. The Hall–Kier alpha value is -1.16. The fraction of sp³-hybridized carbons (Fsp3) is 0.636. The second kappa shape index (κ2) is 7.17. The normalized spacial score (nSPS) is 15.7. The van der Waals surface area contributed by atoms with E-state index >= 15 is 0 Å². The molecule has 0 spiro atoms. The van der Waals surface area contributed by atoms with Crippen LogP contribution in [0.4, 0.5) is 0 Å². The van der Waals surface area contributed by atoms with Crippen molar-refractivity contribution in [1.29, 1.82) is 0 Å². The molecule has 0 aliphatic heterocycles. The van der Waals surface area contributed by atoms with Crippen LogP contribution in [-0.2, 0) is 11.3 Å². The maximum atomic E-state index is 10.5. The molecule has 1 aromatic heterocycles. The van der Waals surface area contributed by atoms with E-state index in [1.807, 2.05) is 10.8 Å². The summed E-state index contributed by atoms with van der Waals surface area (Å²) in [5.41, 5.74) is 0. The van der Waals surface area contributed by atoms with Crippen LogP contribution in [-0.4, -0.2) is 27.0 Å². The monoisotopic (exact) mass is 210 g/mol. The van der Waals surface area contributed by atoms with Crippen LogP contribution >= 0.6 is 0 Å². The van der Waals surface area contributed by atoms with Crippen molar-refractivity contribution < 1.29 is 9.90 Å². The third kappa shape index (κ3) is 5.32. The molecule has 1 fully saturated rings. The molecule has 15 heavy (non-hydrogen) atoms. The Bertz CT molecular complexity index is 262. The lowest BCUT2D eigenvalue weighted by molar-refractivity contribution is -0.120. The van der Waals surface area contributed by atoms with Crippen LogP contribution in [0, 0.1) is 0 Å². The van der Waals surface area contributed by atoms with Crippen molar-refractivity contribution >= 4 is 5.78 Å². The van der Waals surface area contributed by atoms with E-state index in [0.717, 1.165) is 25.7 Å². The molecule has 1 N–H and O–H groups in total. The average molecular weight is 210 g/mol. The molecule has 0 amide bonds. The largest absolute Gasteiger partial charge is 0.395 e. The van der Waals surface area contributed by atoms with Crippen LogP contribution in [0.5, 0.6) is 0 Å². The van der Waals surface area contributed by atoms with E-state index in [4.69, 9.17) is 5.11 Å². The van der Waals surface area contributed by atoms with Gasteiger partial charge in [0.2, 0.25) is 0 Å². The number of carbonyl (C=O) groups is 1. The van der Waals surface area contributed by atoms with E-state index < -0.39 is 0 Å². The molecule has 0 bridgehead atoms. The summed E-state index contributed by atoms with van der Waals surface area (Å²) >= 11 is 0. The molecule has 0 unspecified atom stereocenters. The van der Waals surface area contributed by atoms with Crippen LogP contribution in [0.15, 0.2) is 18.7 Å². The van der Waals surface area contributed by atoms with Crippen molar-refractivity contribution in [2.45, 2.75) is 38.6 Å². The molecule has 0 saturated heterocycles. The van der Waals surface area contributed by atoms with Crippen molar-refractivity contribution in [3.63, 3.8) is 0 Å². The number of rotatable bonds is 2. The van der Waals surface area contributed by atoms with Gasteiger partial charge in [0.05, 0.1) is 12.9 Å². The van der Waals surface area contributed by atoms with Gasteiger partial charge in [-0.1, -0.05) is 6.42 Å². The zero-order valence-corrected chi connectivity index (χ0v) is 8.93. The first-order valence-electron chi connectivity index (χ1n) is 5.41. The van der Waals surface area contributed by atoms with Gasteiger partial charge in [0.1, 0.15) is 5.78 Å². The minimum atomic E-state index is 0.177.